The first-order valence-corrected chi connectivity index (χ1v) is 7.54. The van der Waals surface area contributed by atoms with E-state index in [1.165, 1.54) is 0 Å². The van der Waals surface area contributed by atoms with Gasteiger partial charge in [-0.25, -0.2) is 0 Å². The molecule has 1 aliphatic carbocycles. The van der Waals surface area contributed by atoms with Crippen LogP contribution in [0.2, 0.25) is 0 Å². The lowest BCUT2D eigenvalue weighted by molar-refractivity contribution is -0.117. The second-order valence-electron chi connectivity index (χ2n) is 6.71. The van der Waals surface area contributed by atoms with Crippen molar-refractivity contribution in [3.63, 3.8) is 0 Å². The molecule has 2 aliphatic rings. The molecule has 4 nitrogen and oxygen atoms in total. The number of carbonyl (C=O) groups is 2. The Bertz CT molecular complexity index is 410. The summed E-state index contributed by atoms with van der Waals surface area (Å²) in [6.45, 7) is 7.93. The normalized spacial score (nSPS) is 36.6. The van der Waals surface area contributed by atoms with Crippen molar-refractivity contribution < 1.29 is 14.3 Å². The standard InChI is InChI=1S/C15H24BNO3/c1-5-12-13(8-10-7-11(18)6-9(10)2)20-15(3,4)17(12)14(16)19/h9-10,12-13H,5-8H2,1-4H3. The van der Waals surface area contributed by atoms with Crippen molar-refractivity contribution in [3.05, 3.63) is 0 Å². The van der Waals surface area contributed by atoms with Gasteiger partial charge in [0.25, 0.3) is 0 Å². The molecule has 0 aromatic carbocycles. The maximum absolute atomic E-state index is 11.7. The molecule has 2 radical (unpaired) electrons. The smallest absolute Gasteiger partial charge is 0.200 e. The Morgan fingerprint density at radius 3 is 2.55 bits per heavy atom. The zero-order chi connectivity index (χ0) is 15.1. The van der Waals surface area contributed by atoms with Gasteiger partial charge in [0.2, 0.25) is 7.85 Å². The Morgan fingerprint density at radius 1 is 1.45 bits per heavy atom. The number of nitrogens with zero attached hydrogens (tertiary/aromatic N) is 1. The Kier molecular flexibility index (Phi) is 4.28. The van der Waals surface area contributed by atoms with Crippen LogP contribution in [0.3, 0.4) is 0 Å². The number of hydrogen-bond acceptors (Lipinski definition) is 3. The number of amides is 1. The van der Waals surface area contributed by atoms with E-state index in [1.807, 2.05) is 20.8 Å². The summed E-state index contributed by atoms with van der Waals surface area (Å²) >= 11 is 0. The highest BCUT2D eigenvalue weighted by atomic mass is 16.5. The number of rotatable bonds is 3. The number of carbonyl (C=O) groups excluding carboxylic acids is 2. The van der Waals surface area contributed by atoms with Gasteiger partial charge in [0.05, 0.1) is 12.1 Å². The van der Waals surface area contributed by atoms with Gasteiger partial charge in [-0.2, -0.15) is 0 Å². The molecule has 110 valence electrons. The minimum Gasteiger partial charge on any atom is -0.351 e. The van der Waals surface area contributed by atoms with Gasteiger partial charge in [-0.15, -0.1) is 0 Å². The molecule has 0 bridgehead atoms. The summed E-state index contributed by atoms with van der Waals surface area (Å²) in [4.78, 5) is 24.9. The van der Waals surface area contributed by atoms with Gasteiger partial charge in [0.15, 0.2) is 5.81 Å². The van der Waals surface area contributed by atoms with Gasteiger partial charge >= 0.3 is 0 Å². The van der Waals surface area contributed by atoms with E-state index in [1.54, 1.807) is 4.90 Å². The number of ketones is 1. The fourth-order valence-electron chi connectivity index (χ4n) is 3.87. The summed E-state index contributed by atoms with van der Waals surface area (Å²) in [7, 11) is 5.51. The zero-order valence-corrected chi connectivity index (χ0v) is 12.9. The maximum atomic E-state index is 11.7. The van der Waals surface area contributed by atoms with Crippen molar-refractivity contribution in [2.24, 2.45) is 11.8 Å². The quantitative estimate of drug-likeness (QED) is 0.744. The Labute approximate surface area is 122 Å². The fourth-order valence-corrected chi connectivity index (χ4v) is 3.87. The van der Waals surface area contributed by atoms with Crippen LogP contribution < -0.4 is 0 Å². The summed E-state index contributed by atoms with van der Waals surface area (Å²) in [5, 5.41) is 0. The molecule has 1 heterocycles. The second-order valence-corrected chi connectivity index (χ2v) is 6.71. The van der Waals surface area contributed by atoms with Crippen LogP contribution in [0.1, 0.15) is 53.4 Å². The SMILES string of the molecule is [B]C(=O)N1C(CC)C(CC2CC(=O)CC2C)OC1(C)C. The minimum atomic E-state index is -0.664. The lowest BCUT2D eigenvalue weighted by Crippen LogP contribution is -2.47. The van der Waals surface area contributed by atoms with Crippen LogP contribution >= 0.6 is 0 Å². The zero-order valence-electron chi connectivity index (χ0n) is 12.9. The van der Waals surface area contributed by atoms with Crippen molar-refractivity contribution in [1.29, 1.82) is 0 Å². The van der Waals surface area contributed by atoms with Crippen molar-refractivity contribution in [2.75, 3.05) is 0 Å². The molecule has 0 aromatic rings. The Balaban J connectivity index is 2.12. The average molecular weight is 277 g/mol. The van der Waals surface area contributed by atoms with E-state index in [9.17, 15) is 9.59 Å². The summed E-state index contributed by atoms with van der Waals surface area (Å²) in [6.07, 6.45) is 2.94. The maximum Gasteiger partial charge on any atom is 0.200 e. The van der Waals surface area contributed by atoms with Crippen LogP contribution in [0.25, 0.3) is 0 Å². The highest BCUT2D eigenvalue weighted by Gasteiger charge is 2.48. The van der Waals surface area contributed by atoms with Crippen molar-refractivity contribution >= 4 is 19.4 Å². The molecule has 0 aromatic heterocycles. The van der Waals surface area contributed by atoms with Crippen LogP contribution in [0.5, 0.6) is 0 Å². The minimum absolute atomic E-state index is 0.00500. The Hall–Kier alpha value is -0.835. The van der Waals surface area contributed by atoms with E-state index in [2.05, 4.69) is 6.92 Å². The van der Waals surface area contributed by atoms with Crippen molar-refractivity contribution in [2.45, 2.75) is 71.2 Å². The molecule has 2 rings (SSSR count). The van der Waals surface area contributed by atoms with Crippen molar-refractivity contribution in [3.8, 4) is 0 Å². The topological polar surface area (TPSA) is 46.6 Å². The number of Topliss-reactive ketones (excluding diaryl/α,β-unsaturated/α-hetero) is 1. The molecular formula is C15H24BNO3. The van der Waals surface area contributed by atoms with Crippen LogP contribution in [-0.2, 0) is 9.53 Å². The summed E-state index contributed by atoms with van der Waals surface area (Å²) < 4.78 is 6.09. The molecule has 5 heteroatoms. The molecule has 4 unspecified atom stereocenters. The predicted molar refractivity (Wildman–Crippen MR) is 77.5 cm³/mol. The summed E-state index contributed by atoms with van der Waals surface area (Å²) in [5.74, 6) is 0.694. The monoisotopic (exact) mass is 277 g/mol. The van der Waals surface area contributed by atoms with E-state index in [-0.39, 0.29) is 12.1 Å². The second kappa shape index (κ2) is 5.51. The lowest BCUT2D eigenvalue weighted by Gasteiger charge is -2.33. The van der Waals surface area contributed by atoms with Crippen molar-refractivity contribution in [1.82, 2.24) is 4.90 Å². The molecule has 1 saturated carbocycles. The van der Waals surface area contributed by atoms with Gasteiger partial charge in [-0.1, -0.05) is 13.8 Å². The number of ether oxygens (including phenoxy) is 1. The third kappa shape index (κ3) is 2.78. The molecule has 1 aliphatic heterocycles. The van der Waals surface area contributed by atoms with Crippen LogP contribution in [0.4, 0.5) is 4.79 Å². The van der Waals surface area contributed by atoms with Gasteiger partial charge in [-0.3, -0.25) is 9.59 Å². The molecular weight excluding hydrogens is 253 g/mol. The van der Waals surface area contributed by atoms with Gasteiger partial charge in [-0.05, 0) is 38.5 Å². The first kappa shape index (κ1) is 15.6. The third-order valence-corrected chi connectivity index (χ3v) is 4.82. The molecule has 1 amide bonds. The van der Waals surface area contributed by atoms with Gasteiger partial charge < -0.3 is 9.64 Å². The average Bonchev–Trinajstić information content (AvgIpc) is 2.75. The molecule has 0 N–H and O–H groups in total. The van der Waals surface area contributed by atoms with Crippen LogP contribution in [-0.4, -0.2) is 42.2 Å². The highest BCUT2D eigenvalue weighted by Crippen LogP contribution is 2.40. The summed E-state index contributed by atoms with van der Waals surface area (Å²) in [5.41, 5.74) is -0.664. The first-order valence-electron chi connectivity index (χ1n) is 7.54. The summed E-state index contributed by atoms with van der Waals surface area (Å²) in [6, 6.07) is 0.00500. The number of hydrogen-bond donors (Lipinski definition) is 0. The van der Waals surface area contributed by atoms with Gasteiger partial charge in [0, 0.05) is 12.8 Å². The molecule has 0 spiro atoms. The molecule has 1 saturated heterocycles. The molecule has 20 heavy (non-hydrogen) atoms. The van der Waals surface area contributed by atoms with E-state index in [4.69, 9.17) is 12.6 Å². The van der Waals surface area contributed by atoms with E-state index >= 15 is 0 Å². The third-order valence-electron chi connectivity index (χ3n) is 4.82. The predicted octanol–water partition coefficient (Wildman–Crippen LogP) is 2.50. The Morgan fingerprint density at radius 2 is 2.10 bits per heavy atom. The molecule has 2 fully saturated rings. The van der Waals surface area contributed by atoms with E-state index < -0.39 is 11.5 Å². The highest BCUT2D eigenvalue weighted by molar-refractivity contribution is 6.57. The largest absolute Gasteiger partial charge is 0.351 e. The van der Waals surface area contributed by atoms with E-state index in [0.29, 0.717) is 30.5 Å². The lowest BCUT2D eigenvalue weighted by atomic mass is 9.88. The van der Waals surface area contributed by atoms with Crippen LogP contribution in [0, 0.1) is 11.8 Å². The van der Waals surface area contributed by atoms with E-state index in [0.717, 1.165) is 12.8 Å². The fraction of sp³-hybridized carbons (Fsp3) is 0.867. The molecule has 4 atom stereocenters. The first-order chi connectivity index (χ1) is 9.26. The van der Waals surface area contributed by atoms with Crippen LogP contribution in [0.15, 0.2) is 0 Å². The van der Waals surface area contributed by atoms with Gasteiger partial charge in [0.1, 0.15) is 11.5 Å².